The van der Waals surface area contributed by atoms with Crippen molar-refractivity contribution in [2.75, 3.05) is 0 Å². The molecule has 0 nitrogen and oxygen atoms in total. The van der Waals surface area contributed by atoms with Crippen molar-refractivity contribution in [2.24, 2.45) is 0 Å². The van der Waals surface area contributed by atoms with E-state index >= 15 is 0 Å². The van der Waals surface area contributed by atoms with E-state index < -0.39 is 0 Å². The minimum absolute atomic E-state index is 1.10. The van der Waals surface area contributed by atoms with Crippen LogP contribution in [0.5, 0.6) is 0 Å². The molecule has 0 aliphatic carbocycles. The van der Waals surface area contributed by atoms with Crippen molar-refractivity contribution >= 4 is 21.7 Å². The first-order valence-corrected chi connectivity index (χ1v) is 5.32. The van der Waals surface area contributed by atoms with Gasteiger partial charge in [0, 0.05) is 4.90 Å². The zero-order valence-corrected chi connectivity index (χ0v) is 8.67. The molecule has 1 aromatic carbocycles. The predicted molar refractivity (Wildman–Crippen MR) is 54.2 cm³/mol. The molecule has 0 aliphatic rings. The average molecular weight is 189 g/mol. The molecule has 0 unspecified atom stereocenters. The Morgan fingerprint density at radius 2 is 1.55 bits per heavy atom. The Bertz CT molecular complexity index is 181. The molecule has 1 aromatic rings. The van der Waals surface area contributed by atoms with E-state index in [4.69, 9.17) is 10.7 Å². The van der Waals surface area contributed by atoms with E-state index in [-0.39, 0.29) is 0 Å². The van der Waals surface area contributed by atoms with E-state index in [1.165, 1.54) is 16.5 Å². The van der Waals surface area contributed by atoms with Crippen LogP contribution in [0.25, 0.3) is 0 Å². The van der Waals surface area contributed by atoms with Crippen molar-refractivity contribution in [3.05, 3.63) is 29.8 Å². The van der Waals surface area contributed by atoms with Crippen LogP contribution in [-0.4, -0.2) is 0 Å². The molecule has 0 fully saturated rings. The van der Waals surface area contributed by atoms with Crippen molar-refractivity contribution in [3.8, 4) is 0 Å². The minimum Gasteiger partial charge on any atom is -0.0683 e. The van der Waals surface area contributed by atoms with Crippen molar-refractivity contribution in [1.29, 1.82) is 0 Å². The maximum atomic E-state index is 5.50. The van der Waals surface area contributed by atoms with Gasteiger partial charge in [0.25, 0.3) is 0 Å². The largest absolute Gasteiger partial charge is 0.0683 e. The molecule has 0 radical (unpaired) electrons. The van der Waals surface area contributed by atoms with Crippen molar-refractivity contribution in [1.82, 2.24) is 0 Å². The summed E-state index contributed by atoms with van der Waals surface area (Å²) in [5.74, 6) is 0. The molecule has 62 valence electrons. The van der Waals surface area contributed by atoms with Gasteiger partial charge in [-0.1, -0.05) is 31.5 Å². The SMILES string of the molecule is CC.Cc1ccc(SCl)cc1. The fourth-order valence-electron chi connectivity index (χ4n) is 0.590. The zero-order valence-electron chi connectivity index (χ0n) is 7.10. The summed E-state index contributed by atoms with van der Waals surface area (Å²) >= 11 is 0. The highest BCUT2D eigenvalue weighted by atomic mass is 35.7. The van der Waals surface area contributed by atoms with E-state index in [9.17, 15) is 0 Å². The molecule has 1 rings (SSSR count). The molecule has 0 bridgehead atoms. The van der Waals surface area contributed by atoms with Crippen LogP contribution in [0.4, 0.5) is 0 Å². The lowest BCUT2D eigenvalue weighted by Gasteiger charge is -1.92. The van der Waals surface area contributed by atoms with Crippen LogP contribution in [-0.2, 0) is 0 Å². The van der Waals surface area contributed by atoms with Gasteiger partial charge in [0.1, 0.15) is 0 Å². The standard InChI is InChI=1S/C7H7ClS.C2H6/c1-6-2-4-7(9-8)5-3-6;1-2/h2-5H,1H3;1-2H3. The highest BCUT2D eigenvalue weighted by Crippen LogP contribution is 2.21. The summed E-state index contributed by atoms with van der Waals surface area (Å²) in [5.41, 5.74) is 1.27. The Balaban J connectivity index is 0.000000461. The molecule has 0 aromatic heterocycles. The van der Waals surface area contributed by atoms with Gasteiger partial charge in [0.15, 0.2) is 0 Å². The van der Waals surface area contributed by atoms with Gasteiger partial charge in [0.05, 0.1) is 0 Å². The summed E-state index contributed by atoms with van der Waals surface area (Å²) in [6, 6.07) is 8.11. The van der Waals surface area contributed by atoms with Gasteiger partial charge < -0.3 is 0 Å². The Kier molecular flexibility index (Phi) is 6.48. The maximum Gasteiger partial charge on any atom is 0.0233 e. The summed E-state index contributed by atoms with van der Waals surface area (Å²) in [6.07, 6.45) is 0. The fraction of sp³-hybridized carbons (Fsp3) is 0.333. The first kappa shape index (κ1) is 10.9. The second-order valence-electron chi connectivity index (χ2n) is 1.89. The summed E-state index contributed by atoms with van der Waals surface area (Å²) in [4.78, 5) is 1.10. The van der Waals surface area contributed by atoms with Crippen molar-refractivity contribution in [2.45, 2.75) is 25.7 Å². The highest BCUT2D eigenvalue weighted by Gasteiger charge is 1.87. The second kappa shape index (κ2) is 6.56. The Labute approximate surface area is 77.5 Å². The number of benzene rings is 1. The number of hydrogen-bond acceptors (Lipinski definition) is 1. The van der Waals surface area contributed by atoms with Crippen molar-refractivity contribution < 1.29 is 0 Å². The average Bonchev–Trinajstić information content (AvgIpc) is 2.10. The van der Waals surface area contributed by atoms with Crippen LogP contribution in [0.2, 0.25) is 0 Å². The Morgan fingerprint density at radius 1 is 1.09 bits per heavy atom. The molecule has 0 saturated carbocycles. The van der Waals surface area contributed by atoms with Gasteiger partial charge in [-0.05, 0) is 40.7 Å². The lowest BCUT2D eigenvalue weighted by Crippen LogP contribution is -1.68. The lowest BCUT2D eigenvalue weighted by molar-refractivity contribution is 1.38. The highest BCUT2D eigenvalue weighted by molar-refractivity contribution is 8.21. The second-order valence-corrected chi connectivity index (χ2v) is 2.98. The van der Waals surface area contributed by atoms with E-state index in [2.05, 4.69) is 6.92 Å². The van der Waals surface area contributed by atoms with Gasteiger partial charge in [-0.15, -0.1) is 0 Å². The molecule has 0 N–H and O–H groups in total. The van der Waals surface area contributed by atoms with Gasteiger partial charge in [-0.2, -0.15) is 0 Å². The van der Waals surface area contributed by atoms with Crippen LogP contribution < -0.4 is 0 Å². The number of hydrogen-bond donors (Lipinski definition) is 0. The van der Waals surface area contributed by atoms with Crippen LogP contribution >= 0.6 is 21.7 Å². The van der Waals surface area contributed by atoms with Gasteiger partial charge in [-0.25, -0.2) is 0 Å². The molecule has 0 heterocycles. The van der Waals surface area contributed by atoms with Gasteiger partial charge in [0.2, 0.25) is 0 Å². The smallest absolute Gasteiger partial charge is 0.0233 e. The third-order valence-corrected chi connectivity index (χ3v) is 2.09. The van der Waals surface area contributed by atoms with Crippen LogP contribution in [0.15, 0.2) is 29.2 Å². The van der Waals surface area contributed by atoms with Gasteiger partial charge >= 0.3 is 0 Å². The van der Waals surface area contributed by atoms with Gasteiger partial charge in [-0.3, -0.25) is 0 Å². The molecule has 0 amide bonds. The quantitative estimate of drug-likeness (QED) is 0.635. The number of halogens is 1. The van der Waals surface area contributed by atoms with Crippen LogP contribution in [0, 0.1) is 6.92 Å². The normalized spacial score (nSPS) is 8.36. The third-order valence-electron chi connectivity index (χ3n) is 1.11. The van der Waals surface area contributed by atoms with E-state index in [1.54, 1.807) is 0 Å². The first-order valence-electron chi connectivity index (χ1n) is 3.68. The summed E-state index contributed by atoms with van der Waals surface area (Å²) < 4.78 is 0. The Morgan fingerprint density at radius 3 is 1.91 bits per heavy atom. The number of aryl methyl sites for hydroxylation is 1. The fourth-order valence-corrected chi connectivity index (χ4v) is 1.14. The first-order chi connectivity index (χ1) is 5.33. The molecular weight excluding hydrogens is 176 g/mol. The monoisotopic (exact) mass is 188 g/mol. The molecular formula is C9H13ClS. The summed E-state index contributed by atoms with van der Waals surface area (Å²) in [7, 11) is 6.75. The molecule has 2 heteroatoms. The topological polar surface area (TPSA) is 0 Å². The lowest BCUT2D eigenvalue weighted by atomic mass is 10.2. The molecule has 0 aliphatic heterocycles. The molecule has 0 saturated heterocycles. The Hall–Kier alpha value is -0.140. The molecule has 0 spiro atoms. The summed E-state index contributed by atoms with van der Waals surface area (Å²) in [5, 5.41) is 0. The van der Waals surface area contributed by atoms with E-state index in [0.717, 1.165) is 4.90 Å². The summed E-state index contributed by atoms with van der Waals surface area (Å²) in [6.45, 7) is 6.06. The minimum atomic E-state index is 1.10. The van der Waals surface area contributed by atoms with Crippen molar-refractivity contribution in [3.63, 3.8) is 0 Å². The molecule has 0 atom stereocenters. The van der Waals surface area contributed by atoms with E-state index in [1.807, 2.05) is 38.1 Å². The van der Waals surface area contributed by atoms with Crippen LogP contribution in [0.3, 0.4) is 0 Å². The molecule has 11 heavy (non-hydrogen) atoms. The maximum absolute atomic E-state index is 5.50. The predicted octanol–water partition coefficient (Wildman–Crippen LogP) is 4.27. The number of rotatable bonds is 1. The third kappa shape index (κ3) is 4.33. The van der Waals surface area contributed by atoms with E-state index in [0.29, 0.717) is 0 Å². The van der Waals surface area contributed by atoms with Crippen LogP contribution in [0.1, 0.15) is 19.4 Å². The zero-order chi connectivity index (χ0) is 8.69.